The summed E-state index contributed by atoms with van der Waals surface area (Å²) >= 11 is 0. The highest BCUT2D eigenvalue weighted by Crippen LogP contribution is 2.12. The van der Waals surface area contributed by atoms with Crippen LogP contribution in [0.5, 0.6) is 0 Å². The van der Waals surface area contributed by atoms with Gasteiger partial charge in [-0.2, -0.15) is 0 Å². The molecular formula is C13H11NO2. The SMILES string of the molecule is CC(=O)c1ccccc1-n1ccccc1=O. The van der Waals surface area contributed by atoms with Crippen LogP contribution in [0.15, 0.2) is 53.5 Å². The maximum Gasteiger partial charge on any atom is 0.255 e. The Hall–Kier alpha value is -2.16. The van der Waals surface area contributed by atoms with E-state index in [-0.39, 0.29) is 11.3 Å². The van der Waals surface area contributed by atoms with E-state index in [1.807, 2.05) is 0 Å². The number of benzene rings is 1. The summed E-state index contributed by atoms with van der Waals surface area (Å²) in [6.07, 6.45) is 1.66. The second kappa shape index (κ2) is 4.14. The summed E-state index contributed by atoms with van der Waals surface area (Å²) in [5, 5.41) is 0. The fourth-order valence-electron chi connectivity index (χ4n) is 1.61. The van der Waals surface area contributed by atoms with Gasteiger partial charge in [-0.3, -0.25) is 14.2 Å². The van der Waals surface area contributed by atoms with Crippen LogP contribution in [0.25, 0.3) is 5.69 Å². The topological polar surface area (TPSA) is 39.1 Å². The summed E-state index contributed by atoms with van der Waals surface area (Å²) in [6, 6.07) is 12.0. The number of Topliss-reactive ketones (excluding diaryl/α,β-unsaturated/α-hetero) is 1. The van der Waals surface area contributed by atoms with E-state index in [1.165, 1.54) is 17.6 Å². The summed E-state index contributed by atoms with van der Waals surface area (Å²) in [4.78, 5) is 23.1. The van der Waals surface area contributed by atoms with Crippen LogP contribution in [0.1, 0.15) is 17.3 Å². The second-order valence-corrected chi connectivity index (χ2v) is 3.48. The molecule has 2 rings (SSSR count). The Bertz CT molecular complexity index is 584. The molecule has 3 heteroatoms. The van der Waals surface area contributed by atoms with E-state index in [9.17, 15) is 9.59 Å². The van der Waals surface area contributed by atoms with Crippen LogP contribution in [0.2, 0.25) is 0 Å². The molecule has 16 heavy (non-hydrogen) atoms. The molecule has 3 nitrogen and oxygen atoms in total. The van der Waals surface area contributed by atoms with Crippen molar-refractivity contribution in [1.82, 2.24) is 4.57 Å². The molecule has 0 aliphatic carbocycles. The van der Waals surface area contributed by atoms with Gasteiger partial charge >= 0.3 is 0 Å². The highest BCUT2D eigenvalue weighted by atomic mass is 16.1. The van der Waals surface area contributed by atoms with E-state index in [1.54, 1.807) is 42.6 Å². The lowest BCUT2D eigenvalue weighted by Crippen LogP contribution is -2.17. The van der Waals surface area contributed by atoms with Crippen molar-refractivity contribution in [3.63, 3.8) is 0 Å². The molecule has 0 aliphatic heterocycles. The first-order valence-corrected chi connectivity index (χ1v) is 4.98. The Morgan fingerprint density at radius 3 is 2.44 bits per heavy atom. The van der Waals surface area contributed by atoms with Crippen LogP contribution >= 0.6 is 0 Å². The van der Waals surface area contributed by atoms with Gasteiger partial charge in [0.1, 0.15) is 0 Å². The number of ketones is 1. The van der Waals surface area contributed by atoms with Gasteiger partial charge in [0.05, 0.1) is 5.69 Å². The molecule has 0 saturated heterocycles. The summed E-state index contributed by atoms with van der Waals surface area (Å²) < 4.78 is 1.47. The summed E-state index contributed by atoms with van der Waals surface area (Å²) in [6.45, 7) is 1.49. The van der Waals surface area contributed by atoms with Gasteiger partial charge in [0.2, 0.25) is 0 Å². The smallest absolute Gasteiger partial charge is 0.255 e. The highest BCUT2D eigenvalue weighted by molar-refractivity contribution is 5.97. The molecule has 0 atom stereocenters. The van der Waals surface area contributed by atoms with E-state index in [2.05, 4.69) is 0 Å². The first kappa shape index (κ1) is 10.4. The monoisotopic (exact) mass is 213 g/mol. The number of carbonyl (C=O) groups is 1. The Morgan fingerprint density at radius 2 is 1.75 bits per heavy atom. The Kier molecular flexibility index (Phi) is 2.68. The number of pyridine rings is 1. The van der Waals surface area contributed by atoms with Crippen LogP contribution in [0, 0.1) is 0 Å². The predicted octanol–water partition coefficient (Wildman–Crippen LogP) is 2.04. The molecule has 0 radical (unpaired) electrons. The molecule has 1 aromatic heterocycles. The van der Waals surface area contributed by atoms with Gasteiger partial charge in [0.15, 0.2) is 5.78 Å². The molecule has 0 saturated carbocycles. The maximum absolute atomic E-state index is 11.6. The molecule has 1 aromatic carbocycles. The van der Waals surface area contributed by atoms with E-state index in [0.29, 0.717) is 11.3 Å². The standard InChI is InChI=1S/C13H11NO2/c1-10(15)11-6-2-3-7-12(11)14-9-5-4-8-13(14)16/h2-9H,1H3. The Balaban J connectivity index is 2.70. The zero-order valence-electron chi connectivity index (χ0n) is 8.88. The molecule has 0 amide bonds. The minimum Gasteiger partial charge on any atom is -0.294 e. The minimum absolute atomic E-state index is 0.0497. The fourth-order valence-corrected chi connectivity index (χ4v) is 1.61. The van der Waals surface area contributed by atoms with Gasteiger partial charge in [-0.1, -0.05) is 18.2 Å². The van der Waals surface area contributed by atoms with Crippen molar-refractivity contribution in [2.75, 3.05) is 0 Å². The number of aromatic nitrogens is 1. The van der Waals surface area contributed by atoms with E-state index < -0.39 is 0 Å². The van der Waals surface area contributed by atoms with Crippen molar-refractivity contribution in [2.24, 2.45) is 0 Å². The van der Waals surface area contributed by atoms with Crippen molar-refractivity contribution < 1.29 is 4.79 Å². The quantitative estimate of drug-likeness (QED) is 0.716. The van der Waals surface area contributed by atoms with E-state index >= 15 is 0 Å². The number of rotatable bonds is 2. The van der Waals surface area contributed by atoms with Crippen LogP contribution in [-0.4, -0.2) is 10.4 Å². The molecule has 80 valence electrons. The molecule has 0 spiro atoms. The van der Waals surface area contributed by atoms with E-state index in [0.717, 1.165) is 0 Å². The third-order valence-corrected chi connectivity index (χ3v) is 2.37. The number of para-hydroxylation sites is 1. The van der Waals surface area contributed by atoms with Crippen LogP contribution in [-0.2, 0) is 0 Å². The molecule has 0 unspecified atom stereocenters. The van der Waals surface area contributed by atoms with Crippen molar-refractivity contribution in [3.8, 4) is 5.69 Å². The third-order valence-electron chi connectivity index (χ3n) is 2.37. The van der Waals surface area contributed by atoms with Gasteiger partial charge in [0.25, 0.3) is 5.56 Å². The lowest BCUT2D eigenvalue weighted by molar-refractivity contribution is 0.101. The fraction of sp³-hybridized carbons (Fsp3) is 0.0769. The van der Waals surface area contributed by atoms with Crippen molar-refractivity contribution in [3.05, 3.63) is 64.6 Å². The first-order valence-electron chi connectivity index (χ1n) is 4.98. The minimum atomic E-state index is -0.142. The number of nitrogens with zero attached hydrogens (tertiary/aromatic N) is 1. The van der Waals surface area contributed by atoms with Gasteiger partial charge in [-0.05, 0) is 25.1 Å². The average molecular weight is 213 g/mol. The Labute approximate surface area is 93.0 Å². The van der Waals surface area contributed by atoms with Crippen LogP contribution in [0.4, 0.5) is 0 Å². The summed E-state index contributed by atoms with van der Waals surface area (Å²) in [5.74, 6) is -0.0497. The third kappa shape index (κ3) is 1.80. The van der Waals surface area contributed by atoms with Gasteiger partial charge < -0.3 is 0 Å². The average Bonchev–Trinajstić information content (AvgIpc) is 2.29. The summed E-state index contributed by atoms with van der Waals surface area (Å²) in [7, 11) is 0. The summed E-state index contributed by atoms with van der Waals surface area (Å²) in [5.41, 5.74) is 1.03. The Morgan fingerprint density at radius 1 is 1.06 bits per heavy atom. The lowest BCUT2D eigenvalue weighted by Gasteiger charge is -2.08. The lowest BCUT2D eigenvalue weighted by atomic mass is 10.1. The number of hydrogen-bond donors (Lipinski definition) is 0. The maximum atomic E-state index is 11.6. The molecule has 2 aromatic rings. The zero-order valence-corrected chi connectivity index (χ0v) is 8.88. The molecule has 0 N–H and O–H groups in total. The van der Waals surface area contributed by atoms with Crippen molar-refractivity contribution in [2.45, 2.75) is 6.92 Å². The molecule has 0 bridgehead atoms. The van der Waals surface area contributed by atoms with Crippen molar-refractivity contribution in [1.29, 1.82) is 0 Å². The molecule has 1 heterocycles. The largest absolute Gasteiger partial charge is 0.294 e. The van der Waals surface area contributed by atoms with Gasteiger partial charge in [0, 0.05) is 17.8 Å². The molecule has 0 aliphatic rings. The first-order chi connectivity index (χ1) is 7.70. The van der Waals surface area contributed by atoms with Gasteiger partial charge in [-0.25, -0.2) is 0 Å². The second-order valence-electron chi connectivity index (χ2n) is 3.48. The normalized spacial score (nSPS) is 10.1. The highest BCUT2D eigenvalue weighted by Gasteiger charge is 2.08. The van der Waals surface area contributed by atoms with E-state index in [4.69, 9.17) is 0 Å². The van der Waals surface area contributed by atoms with Gasteiger partial charge in [-0.15, -0.1) is 0 Å². The zero-order chi connectivity index (χ0) is 11.5. The number of hydrogen-bond acceptors (Lipinski definition) is 2. The molecular weight excluding hydrogens is 202 g/mol. The van der Waals surface area contributed by atoms with Crippen LogP contribution < -0.4 is 5.56 Å². The van der Waals surface area contributed by atoms with Crippen molar-refractivity contribution >= 4 is 5.78 Å². The van der Waals surface area contributed by atoms with Crippen LogP contribution in [0.3, 0.4) is 0 Å². The molecule has 0 fully saturated rings. The predicted molar refractivity (Wildman–Crippen MR) is 62.0 cm³/mol. The number of carbonyl (C=O) groups excluding carboxylic acids is 1.